The van der Waals surface area contributed by atoms with Gasteiger partial charge in [-0.2, -0.15) is 0 Å². The Balaban J connectivity index is 3.57. The Kier molecular flexibility index (Phi) is 6.03. The number of hydrogen-bond acceptors (Lipinski definition) is 2. The van der Waals surface area contributed by atoms with E-state index < -0.39 is 0 Å². The van der Waals surface area contributed by atoms with Crippen molar-refractivity contribution in [3.8, 4) is 0 Å². The second-order valence-electron chi connectivity index (χ2n) is 3.62. The zero-order chi connectivity index (χ0) is 9.56. The van der Waals surface area contributed by atoms with Gasteiger partial charge in [-0.3, -0.25) is 0 Å². The number of hydrogen-bond donors (Lipinski definition) is 2. The van der Waals surface area contributed by atoms with Crippen LogP contribution >= 0.6 is 0 Å². The molecule has 4 N–H and O–H groups in total. The summed E-state index contributed by atoms with van der Waals surface area (Å²) in [5.74, 6) is 0.498. The van der Waals surface area contributed by atoms with Gasteiger partial charge in [-0.25, -0.2) is 0 Å². The average molecular weight is 170 g/mol. The Hall–Kier alpha value is -0.340. The molecule has 0 aromatic rings. The van der Waals surface area contributed by atoms with E-state index in [1.54, 1.807) is 0 Å². The van der Waals surface area contributed by atoms with Crippen LogP contribution < -0.4 is 11.5 Å². The van der Waals surface area contributed by atoms with E-state index in [0.29, 0.717) is 5.92 Å². The molecule has 2 nitrogen and oxygen atoms in total. The van der Waals surface area contributed by atoms with Crippen LogP contribution in [0.15, 0.2) is 12.2 Å². The Labute approximate surface area is 76.0 Å². The van der Waals surface area contributed by atoms with Crippen molar-refractivity contribution < 1.29 is 0 Å². The van der Waals surface area contributed by atoms with Crippen LogP contribution in [0.4, 0.5) is 0 Å². The predicted molar refractivity (Wildman–Crippen MR) is 54.9 cm³/mol. The predicted octanol–water partition coefficient (Wildman–Crippen LogP) is 1.65. The number of unbranched alkanes of at least 4 members (excludes halogenated alkanes) is 1. The SMILES string of the molecule is C=C(C(C)C)C(N)CCCCN. The molecule has 72 valence electrons. The fourth-order valence-corrected chi connectivity index (χ4v) is 1.12. The van der Waals surface area contributed by atoms with Crippen LogP contribution in [0.5, 0.6) is 0 Å². The molecule has 0 aromatic carbocycles. The highest BCUT2D eigenvalue weighted by molar-refractivity contribution is 5.06. The lowest BCUT2D eigenvalue weighted by molar-refractivity contribution is 0.572. The zero-order valence-electron chi connectivity index (χ0n) is 8.34. The van der Waals surface area contributed by atoms with Crippen molar-refractivity contribution in [1.29, 1.82) is 0 Å². The Morgan fingerprint density at radius 2 is 1.92 bits per heavy atom. The first-order valence-corrected chi connectivity index (χ1v) is 4.74. The minimum absolute atomic E-state index is 0.163. The quantitative estimate of drug-likeness (QED) is 0.470. The molecule has 0 heterocycles. The summed E-state index contributed by atoms with van der Waals surface area (Å²) < 4.78 is 0. The summed E-state index contributed by atoms with van der Waals surface area (Å²) in [5, 5.41) is 0. The van der Waals surface area contributed by atoms with E-state index in [9.17, 15) is 0 Å². The molecule has 0 bridgehead atoms. The maximum absolute atomic E-state index is 5.92. The van der Waals surface area contributed by atoms with Crippen LogP contribution in [0.1, 0.15) is 33.1 Å². The van der Waals surface area contributed by atoms with Crippen LogP contribution in [-0.4, -0.2) is 12.6 Å². The molecule has 2 heteroatoms. The molecule has 0 radical (unpaired) electrons. The van der Waals surface area contributed by atoms with Crippen molar-refractivity contribution in [2.45, 2.75) is 39.2 Å². The Morgan fingerprint density at radius 1 is 1.33 bits per heavy atom. The summed E-state index contributed by atoms with van der Waals surface area (Å²) in [6.07, 6.45) is 3.21. The topological polar surface area (TPSA) is 52.0 Å². The van der Waals surface area contributed by atoms with E-state index in [1.807, 2.05) is 0 Å². The number of rotatable bonds is 6. The first-order chi connectivity index (χ1) is 5.59. The van der Waals surface area contributed by atoms with Gasteiger partial charge in [0.05, 0.1) is 0 Å². The van der Waals surface area contributed by atoms with Gasteiger partial charge in [0.1, 0.15) is 0 Å². The Morgan fingerprint density at radius 3 is 2.33 bits per heavy atom. The van der Waals surface area contributed by atoms with E-state index in [1.165, 1.54) is 0 Å². The second kappa shape index (κ2) is 6.21. The van der Waals surface area contributed by atoms with E-state index in [2.05, 4.69) is 20.4 Å². The average Bonchev–Trinajstić information content (AvgIpc) is 2.03. The third-order valence-corrected chi connectivity index (χ3v) is 2.19. The van der Waals surface area contributed by atoms with E-state index in [4.69, 9.17) is 11.5 Å². The normalized spacial score (nSPS) is 13.4. The van der Waals surface area contributed by atoms with Crippen molar-refractivity contribution in [1.82, 2.24) is 0 Å². The minimum Gasteiger partial charge on any atom is -0.330 e. The van der Waals surface area contributed by atoms with Crippen LogP contribution in [-0.2, 0) is 0 Å². The van der Waals surface area contributed by atoms with Gasteiger partial charge in [-0.15, -0.1) is 0 Å². The van der Waals surface area contributed by atoms with E-state index in [0.717, 1.165) is 31.4 Å². The van der Waals surface area contributed by atoms with Crippen LogP contribution in [0.3, 0.4) is 0 Å². The zero-order valence-corrected chi connectivity index (χ0v) is 8.34. The van der Waals surface area contributed by atoms with Crippen molar-refractivity contribution >= 4 is 0 Å². The van der Waals surface area contributed by atoms with Crippen LogP contribution in [0.25, 0.3) is 0 Å². The largest absolute Gasteiger partial charge is 0.330 e. The van der Waals surface area contributed by atoms with Crippen LogP contribution in [0, 0.1) is 5.92 Å². The van der Waals surface area contributed by atoms with E-state index >= 15 is 0 Å². The molecule has 0 aliphatic rings. The van der Waals surface area contributed by atoms with Gasteiger partial charge in [-0.05, 0) is 25.3 Å². The van der Waals surface area contributed by atoms with Gasteiger partial charge in [0.25, 0.3) is 0 Å². The first-order valence-electron chi connectivity index (χ1n) is 4.74. The van der Waals surface area contributed by atoms with Gasteiger partial charge in [0, 0.05) is 6.04 Å². The highest BCUT2D eigenvalue weighted by Gasteiger charge is 2.09. The summed E-state index contributed by atoms with van der Waals surface area (Å²) in [6.45, 7) is 9.00. The van der Waals surface area contributed by atoms with Gasteiger partial charge in [-0.1, -0.05) is 32.4 Å². The molecular formula is C10H22N2. The lowest BCUT2D eigenvalue weighted by Crippen LogP contribution is -2.24. The molecule has 0 aliphatic carbocycles. The van der Waals surface area contributed by atoms with Crippen molar-refractivity contribution in [3.05, 3.63) is 12.2 Å². The van der Waals surface area contributed by atoms with Crippen molar-refractivity contribution in [2.24, 2.45) is 17.4 Å². The third kappa shape index (κ3) is 4.52. The summed E-state index contributed by atoms with van der Waals surface area (Å²) >= 11 is 0. The Bertz CT molecular complexity index is 130. The maximum atomic E-state index is 5.92. The van der Waals surface area contributed by atoms with Gasteiger partial charge >= 0.3 is 0 Å². The second-order valence-corrected chi connectivity index (χ2v) is 3.62. The summed E-state index contributed by atoms with van der Waals surface area (Å²) in [7, 11) is 0. The molecule has 0 saturated heterocycles. The maximum Gasteiger partial charge on any atom is 0.0253 e. The van der Waals surface area contributed by atoms with Crippen LogP contribution in [0.2, 0.25) is 0 Å². The monoisotopic (exact) mass is 170 g/mol. The molecule has 0 fully saturated rings. The van der Waals surface area contributed by atoms with Gasteiger partial charge in [0.2, 0.25) is 0 Å². The minimum atomic E-state index is 0.163. The lowest BCUT2D eigenvalue weighted by atomic mass is 9.94. The van der Waals surface area contributed by atoms with Crippen molar-refractivity contribution in [2.75, 3.05) is 6.54 Å². The molecule has 1 unspecified atom stereocenters. The molecule has 0 aromatic heterocycles. The van der Waals surface area contributed by atoms with E-state index in [-0.39, 0.29) is 6.04 Å². The molecule has 0 saturated carbocycles. The molecule has 0 rings (SSSR count). The first kappa shape index (κ1) is 11.7. The highest BCUT2D eigenvalue weighted by Crippen LogP contribution is 2.14. The fraction of sp³-hybridized carbons (Fsp3) is 0.800. The smallest absolute Gasteiger partial charge is 0.0253 e. The fourth-order valence-electron chi connectivity index (χ4n) is 1.12. The summed E-state index contributed by atoms with van der Waals surface area (Å²) in [5.41, 5.74) is 12.5. The van der Waals surface area contributed by atoms with Gasteiger partial charge in [0.15, 0.2) is 0 Å². The summed E-state index contributed by atoms with van der Waals surface area (Å²) in [4.78, 5) is 0. The summed E-state index contributed by atoms with van der Waals surface area (Å²) in [6, 6.07) is 0.163. The molecule has 1 atom stereocenters. The van der Waals surface area contributed by atoms with Crippen molar-refractivity contribution in [3.63, 3.8) is 0 Å². The standard InChI is InChI=1S/C10H22N2/c1-8(2)9(3)10(12)6-4-5-7-11/h8,10H,3-7,11-12H2,1-2H3. The third-order valence-electron chi connectivity index (χ3n) is 2.19. The lowest BCUT2D eigenvalue weighted by Gasteiger charge is -2.17. The van der Waals surface area contributed by atoms with Gasteiger partial charge < -0.3 is 11.5 Å². The molecule has 0 amide bonds. The number of nitrogens with two attached hydrogens (primary N) is 2. The highest BCUT2D eigenvalue weighted by atomic mass is 14.6. The molecular weight excluding hydrogens is 148 g/mol. The molecule has 12 heavy (non-hydrogen) atoms. The molecule has 0 spiro atoms. The molecule has 0 aliphatic heterocycles.